The summed E-state index contributed by atoms with van der Waals surface area (Å²) in [4.78, 5) is 15.1. The predicted molar refractivity (Wildman–Crippen MR) is 112 cm³/mol. The van der Waals surface area contributed by atoms with Crippen LogP contribution in [0.3, 0.4) is 0 Å². The molecule has 156 valence electrons. The summed E-state index contributed by atoms with van der Waals surface area (Å²) in [6, 6.07) is 6.12. The van der Waals surface area contributed by atoms with Gasteiger partial charge in [-0.05, 0) is 56.6 Å². The Labute approximate surface area is 173 Å². The van der Waals surface area contributed by atoms with Gasteiger partial charge in [-0.15, -0.1) is 10.2 Å². The van der Waals surface area contributed by atoms with Crippen LogP contribution in [0, 0.1) is 19.3 Å². The largest absolute Gasteiger partial charge is 0.384 e. The summed E-state index contributed by atoms with van der Waals surface area (Å²) >= 11 is 0. The lowest BCUT2D eigenvalue weighted by Crippen LogP contribution is -2.43. The van der Waals surface area contributed by atoms with Crippen molar-refractivity contribution in [1.82, 2.24) is 19.7 Å². The topological polar surface area (TPSA) is 60.3 Å². The summed E-state index contributed by atoms with van der Waals surface area (Å²) in [6.07, 6.45) is 6.23. The summed E-state index contributed by atoms with van der Waals surface area (Å²) in [7, 11) is 1.72. The van der Waals surface area contributed by atoms with Gasteiger partial charge in [-0.25, -0.2) is 0 Å². The molecule has 0 bridgehead atoms. The molecule has 0 aliphatic carbocycles. The van der Waals surface area contributed by atoms with Crippen LogP contribution >= 0.6 is 0 Å². The zero-order valence-corrected chi connectivity index (χ0v) is 17.9. The number of carbonyl (C=O) groups excluding carboxylic acids is 1. The van der Waals surface area contributed by atoms with E-state index in [1.54, 1.807) is 7.11 Å². The molecule has 6 heteroatoms. The van der Waals surface area contributed by atoms with E-state index in [-0.39, 0.29) is 5.91 Å². The van der Waals surface area contributed by atoms with Gasteiger partial charge in [-0.3, -0.25) is 4.79 Å². The number of hydrogen-bond acceptors (Lipinski definition) is 4. The van der Waals surface area contributed by atoms with Gasteiger partial charge in [0.2, 0.25) is 0 Å². The lowest BCUT2D eigenvalue weighted by molar-refractivity contribution is 0.0534. The van der Waals surface area contributed by atoms with Crippen LogP contribution in [-0.4, -0.2) is 52.4 Å². The van der Waals surface area contributed by atoms with Crippen molar-refractivity contribution in [3.8, 4) is 0 Å². The van der Waals surface area contributed by atoms with Crippen LogP contribution in [0.25, 0.3) is 0 Å². The fraction of sp³-hybridized carbons (Fsp3) is 0.609. The molecule has 2 aromatic rings. The Morgan fingerprint density at radius 2 is 1.86 bits per heavy atom. The second kappa shape index (κ2) is 8.27. The van der Waals surface area contributed by atoms with E-state index in [4.69, 9.17) is 4.74 Å². The van der Waals surface area contributed by atoms with E-state index in [1.165, 1.54) is 5.56 Å². The standard InChI is InChI=1S/C23H32N4O2/c1-17-4-5-19(18(2)16-17)22(28)26-12-9-23(10-13-26)8-6-20-24-25-21(7-15-29-3)27(20)14-11-23/h4-5,16H,6-15H2,1-3H3. The molecule has 0 unspecified atom stereocenters. The van der Waals surface area contributed by atoms with Gasteiger partial charge in [0.15, 0.2) is 0 Å². The number of likely N-dealkylation sites (tertiary alicyclic amines) is 1. The quantitative estimate of drug-likeness (QED) is 0.795. The zero-order chi connectivity index (χ0) is 20.4. The molecule has 2 aliphatic rings. The van der Waals surface area contributed by atoms with Crippen molar-refractivity contribution in [2.75, 3.05) is 26.8 Å². The monoisotopic (exact) mass is 396 g/mol. The minimum atomic E-state index is 0.185. The number of ether oxygens (including phenoxy) is 1. The molecule has 1 spiro atoms. The molecule has 0 N–H and O–H groups in total. The Bertz CT molecular complexity index is 881. The Kier molecular flexibility index (Phi) is 5.72. The van der Waals surface area contributed by atoms with E-state index in [0.29, 0.717) is 12.0 Å². The first kappa shape index (κ1) is 20.1. The van der Waals surface area contributed by atoms with Crippen molar-refractivity contribution in [3.63, 3.8) is 0 Å². The van der Waals surface area contributed by atoms with E-state index >= 15 is 0 Å². The molecule has 0 radical (unpaired) electrons. The first-order valence-corrected chi connectivity index (χ1v) is 10.8. The van der Waals surface area contributed by atoms with E-state index in [1.807, 2.05) is 19.1 Å². The van der Waals surface area contributed by atoms with Gasteiger partial charge in [0.1, 0.15) is 11.6 Å². The van der Waals surface area contributed by atoms with Gasteiger partial charge < -0.3 is 14.2 Å². The van der Waals surface area contributed by atoms with Crippen molar-refractivity contribution in [1.29, 1.82) is 0 Å². The van der Waals surface area contributed by atoms with Crippen LogP contribution in [0.5, 0.6) is 0 Å². The fourth-order valence-electron chi connectivity index (χ4n) is 4.95. The molecule has 0 atom stereocenters. The molecule has 1 fully saturated rings. The van der Waals surface area contributed by atoms with Crippen molar-refractivity contribution >= 4 is 5.91 Å². The third-order valence-electron chi connectivity index (χ3n) is 6.90. The van der Waals surface area contributed by atoms with Crippen molar-refractivity contribution in [2.24, 2.45) is 5.41 Å². The van der Waals surface area contributed by atoms with Crippen LogP contribution in [0.4, 0.5) is 0 Å². The van der Waals surface area contributed by atoms with E-state index < -0.39 is 0 Å². The lowest BCUT2D eigenvalue weighted by Gasteiger charge is -2.41. The van der Waals surface area contributed by atoms with Crippen LogP contribution in [0.15, 0.2) is 18.2 Å². The Morgan fingerprint density at radius 3 is 2.59 bits per heavy atom. The lowest BCUT2D eigenvalue weighted by atomic mass is 9.72. The SMILES string of the molecule is COCCc1nnc2n1CCC1(CC2)CCN(C(=O)c2ccc(C)cc2C)CC1. The maximum Gasteiger partial charge on any atom is 0.254 e. The zero-order valence-electron chi connectivity index (χ0n) is 17.9. The highest BCUT2D eigenvalue weighted by molar-refractivity contribution is 5.95. The summed E-state index contributed by atoms with van der Waals surface area (Å²) in [6.45, 7) is 7.46. The number of nitrogens with zero attached hydrogens (tertiary/aromatic N) is 4. The summed E-state index contributed by atoms with van der Waals surface area (Å²) in [5, 5.41) is 8.81. The number of carbonyl (C=O) groups is 1. The first-order chi connectivity index (χ1) is 14.0. The van der Waals surface area contributed by atoms with Crippen LogP contribution in [-0.2, 0) is 24.1 Å². The highest BCUT2D eigenvalue weighted by atomic mass is 16.5. The number of piperidine rings is 1. The Morgan fingerprint density at radius 1 is 1.10 bits per heavy atom. The average molecular weight is 397 g/mol. The normalized spacial score (nSPS) is 18.5. The third-order valence-corrected chi connectivity index (χ3v) is 6.90. The minimum absolute atomic E-state index is 0.185. The maximum atomic E-state index is 13.0. The number of aryl methyl sites for hydroxylation is 3. The fourth-order valence-corrected chi connectivity index (χ4v) is 4.95. The van der Waals surface area contributed by atoms with Gasteiger partial charge in [-0.2, -0.15) is 0 Å². The summed E-state index contributed by atoms with van der Waals surface area (Å²) < 4.78 is 7.52. The number of aromatic nitrogens is 3. The number of methoxy groups -OCH3 is 1. The molecule has 1 amide bonds. The minimum Gasteiger partial charge on any atom is -0.384 e. The molecule has 4 rings (SSSR count). The number of benzene rings is 1. The van der Waals surface area contributed by atoms with Crippen LogP contribution in [0.2, 0.25) is 0 Å². The van der Waals surface area contributed by atoms with Crippen molar-refractivity contribution < 1.29 is 9.53 Å². The van der Waals surface area contributed by atoms with Crippen molar-refractivity contribution in [3.05, 3.63) is 46.5 Å². The molecule has 6 nitrogen and oxygen atoms in total. The number of amides is 1. The highest BCUT2D eigenvalue weighted by Crippen LogP contribution is 2.42. The molecular formula is C23H32N4O2. The maximum absolute atomic E-state index is 13.0. The van der Waals surface area contributed by atoms with Gasteiger partial charge in [0, 0.05) is 45.1 Å². The first-order valence-electron chi connectivity index (χ1n) is 10.8. The van der Waals surface area contributed by atoms with E-state index in [0.717, 1.165) is 80.9 Å². The smallest absolute Gasteiger partial charge is 0.254 e. The molecule has 1 aromatic heterocycles. The van der Waals surface area contributed by atoms with Crippen LogP contribution < -0.4 is 0 Å². The Balaban J connectivity index is 1.40. The van der Waals surface area contributed by atoms with Gasteiger partial charge in [0.05, 0.1) is 6.61 Å². The molecule has 1 aromatic carbocycles. The predicted octanol–water partition coefficient (Wildman–Crippen LogP) is 3.34. The molecule has 3 heterocycles. The second-order valence-corrected chi connectivity index (χ2v) is 8.79. The molecule has 1 saturated heterocycles. The van der Waals surface area contributed by atoms with Gasteiger partial charge in [0.25, 0.3) is 5.91 Å². The highest BCUT2D eigenvalue weighted by Gasteiger charge is 2.38. The number of rotatable bonds is 4. The third kappa shape index (κ3) is 4.08. The molecule has 0 saturated carbocycles. The molecule has 2 aliphatic heterocycles. The van der Waals surface area contributed by atoms with Crippen molar-refractivity contribution in [2.45, 2.75) is 58.9 Å². The van der Waals surface area contributed by atoms with Gasteiger partial charge in [-0.1, -0.05) is 17.7 Å². The second-order valence-electron chi connectivity index (χ2n) is 8.79. The molecular weight excluding hydrogens is 364 g/mol. The number of fused-ring (bicyclic) bond motifs is 1. The van der Waals surface area contributed by atoms with E-state index in [9.17, 15) is 4.79 Å². The van der Waals surface area contributed by atoms with Gasteiger partial charge >= 0.3 is 0 Å². The summed E-state index contributed by atoms with van der Waals surface area (Å²) in [5.41, 5.74) is 3.44. The average Bonchev–Trinajstić information content (AvgIpc) is 3.02. The summed E-state index contributed by atoms with van der Waals surface area (Å²) in [5.74, 6) is 2.34. The van der Waals surface area contributed by atoms with E-state index in [2.05, 4.69) is 32.7 Å². The van der Waals surface area contributed by atoms with Crippen LogP contribution in [0.1, 0.15) is 58.8 Å². The molecule has 29 heavy (non-hydrogen) atoms. The number of hydrogen-bond donors (Lipinski definition) is 0. The Hall–Kier alpha value is -2.21.